The lowest BCUT2D eigenvalue weighted by Crippen LogP contribution is -2.18. The lowest BCUT2D eigenvalue weighted by molar-refractivity contribution is 0.552. The highest BCUT2D eigenvalue weighted by Crippen LogP contribution is 2.20. The quantitative estimate of drug-likeness (QED) is 0.712. The van der Waals surface area contributed by atoms with Gasteiger partial charge in [0.2, 0.25) is 0 Å². The lowest BCUT2D eigenvalue weighted by atomic mass is 10.2. The van der Waals surface area contributed by atoms with Gasteiger partial charge in [-0.1, -0.05) is 20.8 Å². The summed E-state index contributed by atoms with van der Waals surface area (Å²) in [5.74, 6) is 3.11. The minimum atomic E-state index is 0.683. The molecule has 0 radical (unpaired) electrons. The van der Waals surface area contributed by atoms with Gasteiger partial charge in [0, 0.05) is 30.9 Å². The van der Waals surface area contributed by atoms with Gasteiger partial charge < -0.3 is 9.88 Å². The molecule has 21 heavy (non-hydrogen) atoms. The zero-order chi connectivity index (χ0) is 15.1. The van der Waals surface area contributed by atoms with Gasteiger partial charge >= 0.3 is 0 Å². The Labute approximate surface area is 132 Å². The van der Waals surface area contributed by atoms with Gasteiger partial charge in [-0.15, -0.1) is 0 Å². The second-order valence-corrected chi connectivity index (χ2v) is 7.19. The van der Waals surface area contributed by atoms with Crippen molar-refractivity contribution in [3.63, 3.8) is 0 Å². The molecule has 2 aromatic rings. The molecule has 0 bridgehead atoms. The molecule has 4 heteroatoms. The van der Waals surface area contributed by atoms with Crippen LogP contribution in [0.3, 0.4) is 0 Å². The Bertz CT molecular complexity index is 548. The first-order valence-electron chi connectivity index (χ1n) is 7.93. The largest absolute Gasteiger partial charge is 0.332 e. The lowest BCUT2D eigenvalue weighted by Gasteiger charge is -2.06. The van der Waals surface area contributed by atoms with Crippen molar-refractivity contribution in [2.75, 3.05) is 18.1 Å². The standard InChI is InChI=1S/C17H27N3S/c1-4-21-10-6-9-20-13-15(12-18-11-14(2)3)16-7-5-8-19-17(16)20/h5,7-8,13-14,18H,4,6,9-12H2,1-3H3. The topological polar surface area (TPSA) is 29.9 Å². The van der Waals surface area contributed by atoms with E-state index in [4.69, 9.17) is 0 Å². The third-order valence-electron chi connectivity index (χ3n) is 3.48. The molecule has 0 aliphatic carbocycles. The molecule has 0 aromatic carbocycles. The van der Waals surface area contributed by atoms with Gasteiger partial charge in [0.1, 0.15) is 5.65 Å². The summed E-state index contributed by atoms with van der Waals surface area (Å²) in [5.41, 5.74) is 2.49. The molecular weight excluding hydrogens is 278 g/mol. The molecule has 0 aliphatic heterocycles. The van der Waals surface area contributed by atoms with Gasteiger partial charge in [-0.3, -0.25) is 0 Å². The van der Waals surface area contributed by atoms with Crippen LogP contribution in [0.4, 0.5) is 0 Å². The zero-order valence-corrected chi connectivity index (χ0v) is 14.2. The second-order valence-electron chi connectivity index (χ2n) is 5.80. The molecule has 2 rings (SSSR count). The van der Waals surface area contributed by atoms with E-state index in [1.54, 1.807) is 0 Å². The summed E-state index contributed by atoms with van der Waals surface area (Å²) in [6.45, 7) is 9.74. The van der Waals surface area contributed by atoms with Crippen molar-refractivity contribution >= 4 is 22.8 Å². The molecule has 0 aliphatic rings. The molecule has 0 spiro atoms. The van der Waals surface area contributed by atoms with Gasteiger partial charge in [0.15, 0.2) is 0 Å². The van der Waals surface area contributed by atoms with E-state index >= 15 is 0 Å². The molecular formula is C17H27N3S. The van der Waals surface area contributed by atoms with Crippen LogP contribution in [0.25, 0.3) is 11.0 Å². The number of aromatic nitrogens is 2. The van der Waals surface area contributed by atoms with E-state index in [9.17, 15) is 0 Å². The predicted octanol–water partition coefficient (Wildman–Crippen LogP) is 3.93. The number of hydrogen-bond acceptors (Lipinski definition) is 3. The monoisotopic (exact) mass is 305 g/mol. The van der Waals surface area contributed by atoms with Crippen molar-refractivity contribution in [3.8, 4) is 0 Å². The number of nitrogens with zero attached hydrogens (tertiary/aromatic N) is 2. The van der Waals surface area contributed by atoms with Crippen LogP contribution in [0.5, 0.6) is 0 Å². The van der Waals surface area contributed by atoms with Crippen LogP contribution in [0.2, 0.25) is 0 Å². The maximum atomic E-state index is 4.57. The summed E-state index contributed by atoms with van der Waals surface area (Å²) in [5, 5.41) is 4.83. The summed E-state index contributed by atoms with van der Waals surface area (Å²) >= 11 is 2.01. The third-order valence-corrected chi connectivity index (χ3v) is 4.46. The second kappa shape index (κ2) is 8.44. The van der Waals surface area contributed by atoms with Crippen LogP contribution in [0.15, 0.2) is 24.5 Å². The van der Waals surface area contributed by atoms with Crippen LogP contribution in [0.1, 0.15) is 32.8 Å². The van der Waals surface area contributed by atoms with E-state index < -0.39 is 0 Å². The number of aryl methyl sites for hydroxylation is 1. The molecule has 0 atom stereocenters. The molecule has 2 heterocycles. The Morgan fingerprint density at radius 2 is 2.24 bits per heavy atom. The molecule has 0 amide bonds. The fourth-order valence-electron chi connectivity index (χ4n) is 2.48. The van der Waals surface area contributed by atoms with Crippen LogP contribution >= 0.6 is 11.8 Å². The van der Waals surface area contributed by atoms with E-state index in [0.29, 0.717) is 5.92 Å². The van der Waals surface area contributed by atoms with E-state index in [-0.39, 0.29) is 0 Å². The molecule has 3 nitrogen and oxygen atoms in total. The maximum absolute atomic E-state index is 4.57. The highest BCUT2D eigenvalue weighted by Gasteiger charge is 2.09. The average molecular weight is 305 g/mol. The van der Waals surface area contributed by atoms with Crippen molar-refractivity contribution in [2.45, 2.75) is 40.3 Å². The number of fused-ring (bicyclic) bond motifs is 1. The van der Waals surface area contributed by atoms with Gasteiger partial charge in [0.05, 0.1) is 0 Å². The first-order chi connectivity index (χ1) is 10.2. The minimum absolute atomic E-state index is 0.683. The van der Waals surface area contributed by atoms with Crippen molar-refractivity contribution < 1.29 is 0 Å². The normalized spacial score (nSPS) is 11.6. The SMILES string of the molecule is CCSCCCn1cc(CNCC(C)C)c2cccnc21. The van der Waals surface area contributed by atoms with Crippen molar-refractivity contribution in [3.05, 3.63) is 30.1 Å². The first-order valence-corrected chi connectivity index (χ1v) is 9.09. The van der Waals surface area contributed by atoms with Gasteiger partial charge in [-0.25, -0.2) is 4.98 Å². The molecule has 0 unspecified atom stereocenters. The molecule has 0 fully saturated rings. The van der Waals surface area contributed by atoms with Gasteiger partial charge in [0.25, 0.3) is 0 Å². The van der Waals surface area contributed by atoms with Crippen LogP contribution < -0.4 is 5.32 Å². The van der Waals surface area contributed by atoms with Crippen LogP contribution in [0, 0.1) is 5.92 Å². The molecule has 0 saturated carbocycles. The first kappa shape index (κ1) is 16.4. The summed E-state index contributed by atoms with van der Waals surface area (Å²) in [6, 6.07) is 4.22. The Balaban J connectivity index is 2.06. The van der Waals surface area contributed by atoms with E-state index in [2.05, 4.69) is 47.9 Å². The number of thioether (sulfide) groups is 1. The fraction of sp³-hybridized carbons (Fsp3) is 0.588. The van der Waals surface area contributed by atoms with E-state index in [1.165, 1.54) is 28.9 Å². The summed E-state index contributed by atoms with van der Waals surface area (Å²) in [6.07, 6.45) is 5.38. The Morgan fingerprint density at radius 3 is 3.00 bits per heavy atom. The van der Waals surface area contributed by atoms with Crippen molar-refractivity contribution in [1.82, 2.24) is 14.9 Å². The predicted molar refractivity (Wildman–Crippen MR) is 93.9 cm³/mol. The third kappa shape index (κ3) is 4.75. The maximum Gasteiger partial charge on any atom is 0.140 e. The Kier molecular flexibility index (Phi) is 6.58. The highest BCUT2D eigenvalue weighted by atomic mass is 32.2. The fourth-order valence-corrected chi connectivity index (χ4v) is 3.11. The minimum Gasteiger partial charge on any atom is -0.332 e. The summed E-state index contributed by atoms with van der Waals surface area (Å²) < 4.78 is 2.32. The Hall–Kier alpha value is -1.00. The van der Waals surface area contributed by atoms with Crippen LogP contribution in [-0.2, 0) is 13.1 Å². The van der Waals surface area contributed by atoms with Crippen molar-refractivity contribution in [1.29, 1.82) is 0 Å². The summed E-state index contributed by atoms with van der Waals surface area (Å²) in [4.78, 5) is 4.57. The molecule has 2 aromatic heterocycles. The van der Waals surface area contributed by atoms with E-state index in [1.807, 2.05) is 24.0 Å². The molecule has 116 valence electrons. The highest BCUT2D eigenvalue weighted by molar-refractivity contribution is 7.99. The number of hydrogen-bond donors (Lipinski definition) is 1. The van der Waals surface area contributed by atoms with Gasteiger partial charge in [-0.2, -0.15) is 11.8 Å². The Morgan fingerprint density at radius 1 is 1.38 bits per heavy atom. The smallest absolute Gasteiger partial charge is 0.140 e. The zero-order valence-electron chi connectivity index (χ0n) is 13.4. The molecule has 1 N–H and O–H groups in total. The number of rotatable bonds is 9. The van der Waals surface area contributed by atoms with Crippen LogP contribution in [-0.4, -0.2) is 27.6 Å². The average Bonchev–Trinajstić information content (AvgIpc) is 2.82. The van der Waals surface area contributed by atoms with E-state index in [0.717, 1.165) is 25.3 Å². The van der Waals surface area contributed by atoms with Gasteiger partial charge in [-0.05, 0) is 48.1 Å². The molecule has 0 saturated heterocycles. The summed E-state index contributed by atoms with van der Waals surface area (Å²) in [7, 11) is 0. The number of nitrogens with one attached hydrogen (secondary N) is 1. The van der Waals surface area contributed by atoms with Crippen molar-refractivity contribution in [2.24, 2.45) is 5.92 Å². The number of pyridine rings is 1.